The van der Waals surface area contributed by atoms with Gasteiger partial charge < -0.3 is 15.1 Å². The Balaban J connectivity index is 1.19. The van der Waals surface area contributed by atoms with Gasteiger partial charge in [-0.3, -0.25) is 19.4 Å². The Kier molecular flexibility index (Phi) is 6.55. The lowest BCUT2D eigenvalue weighted by atomic mass is 9.84. The van der Waals surface area contributed by atoms with Gasteiger partial charge in [0, 0.05) is 48.0 Å². The van der Waals surface area contributed by atoms with Gasteiger partial charge in [-0.1, -0.05) is 0 Å². The minimum Gasteiger partial charge on any atom is -0.348 e. The van der Waals surface area contributed by atoms with Gasteiger partial charge in [-0.05, 0) is 78.3 Å². The molecule has 4 aliphatic heterocycles. The molecule has 5 heterocycles. The second-order valence-electron chi connectivity index (χ2n) is 10.9. The maximum atomic E-state index is 13.4. The van der Waals surface area contributed by atoms with Crippen molar-refractivity contribution in [2.24, 2.45) is 0 Å². The molecule has 2 atom stereocenters. The number of carbonyl (C=O) groups is 2. The van der Waals surface area contributed by atoms with Crippen LogP contribution in [0, 0.1) is 6.92 Å². The molecule has 0 bridgehead atoms. The molecule has 5 rings (SSSR count). The van der Waals surface area contributed by atoms with E-state index in [1.807, 2.05) is 16.2 Å². The van der Waals surface area contributed by atoms with Crippen LogP contribution in [0.15, 0.2) is 12.1 Å². The van der Waals surface area contributed by atoms with Gasteiger partial charge in [-0.15, -0.1) is 11.3 Å². The first-order valence-electron chi connectivity index (χ1n) is 12.6. The molecule has 0 aliphatic carbocycles. The van der Waals surface area contributed by atoms with Crippen molar-refractivity contribution in [3.8, 4) is 0 Å². The predicted molar refractivity (Wildman–Crippen MR) is 131 cm³/mol. The maximum absolute atomic E-state index is 13.4. The Morgan fingerprint density at radius 1 is 1.12 bits per heavy atom. The summed E-state index contributed by atoms with van der Waals surface area (Å²) in [5.41, 5.74) is -0.365. The van der Waals surface area contributed by atoms with Crippen LogP contribution in [0.4, 0.5) is 0 Å². The summed E-state index contributed by atoms with van der Waals surface area (Å²) in [6.07, 6.45) is 5.26. The number of hydrogen-bond donors (Lipinski definition) is 1. The van der Waals surface area contributed by atoms with E-state index in [-0.39, 0.29) is 29.4 Å². The number of nitrogens with zero attached hydrogens (tertiary/aromatic N) is 4. The zero-order valence-corrected chi connectivity index (χ0v) is 21.2. The van der Waals surface area contributed by atoms with Crippen LogP contribution in [0.5, 0.6) is 0 Å². The molecule has 0 unspecified atom stereocenters. The third-order valence-electron chi connectivity index (χ3n) is 8.61. The highest BCUT2D eigenvalue weighted by Gasteiger charge is 2.49. The summed E-state index contributed by atoms with van der Waals surface area (Å²) in [7, 11) is 4.38. The lowest BCUT2D eigenvalue weighted by molar-refractivity contribution is -0.135. The van der Waals surface area contributed by atoms with Gasteiger partial charge in [-0.2, -0.15) is 0 Å². The molecule has 0 radical (unpaired) electrons. The highest BCUT2D eigenvalue weighted by molar-refractivity contribution is 7.11. The van der Waals surface area contributed by atoms with Gasteiger partial charge in [0.25, 0.3) is 0 Å². The van der Waals surface area contributed by atoms with E-state index in [4.69, 9.17) is 0 Å². The number of likely N-dealkylation sites (N-methyl/N-ethyl adjacent to an activating group) is 1. The number of aryl methyl sites for hydroxylation is 1. The van der Waals surface area contributed by atoms with Crippen LogP contribution in [0.2, 0.25) is 0 Å². The standard InChI is InChI=1S/C25H39N5O2S/c1-18-4-5-21(33-18)17-29-12-8-25(9-13-29)15-23(31)30-16-20(14-22(30)24(32)26-25)28(3)19-6-10-27(2)11-7-19/h4-5,19-20,22H,6-17H2,1-3H3,(H,26,32)/t20-,22-/m0/s1. The number of nitrogens with one attached hydrogen (secondary N) is 1. The summed E-state index contributed by atoms with van der Waals surface area (Å²) in [6, 6.07) is 4.93. The fourth-order valence-electron chi connectivity index (χ4n) is 6.34. The molecule has 7 nitrogen and oxygen atoms in total. The Morgan fingerprint density at radius 2 is 1.85 bits per heavy atom. The summed E-state index contributed by atoms with van der Waals surface area (Å²) >= 11 is 1.86. The molecule has 4 fully saturated rings. The van der Waals surface area contributed by atoms with E-state index in [9.17, 15) is 9.59 Å². The van der Waals surface area contributed by atoms with E-state index < -0.39 is 0 Å². The Hall–Kier alpha value is -1.48. The summed E-state index contributed by atoms with van der Waals surface area (Å²) in [6.45, 7) is 7.91. The molecule has 8 heteroatoms. The Bertz CT molecular complexity index is 844. The topological polar surface area (TPSA) is 59.1 Å². The predicted octanol–water partition coefficient (Wildman–Crippen LogP) is 1.91. The van der Waals surface area contributed by atoms with E-state index >= 15 is 0 Å². The number of carbonyl (C=O) groups excluding carboxylic acids is 2. The number of amides is 2. The first-order valence-corrected chi connectivity index (χ1v) is 13.4. The summed E-state index contributed by atoms with van der Waals surface area (Å²) in [5, 5.41) is 3.38. The van der Waals surface area contributed by atoms with E-state index in [1.54, 1.807) is 0 Å². The SMILES string of the molecule is Cc1ccc(CN2CCC3(CC2)CC(=O)N2C[C@@H](N(C)C4CCN(C)CC4)C[C@H]2C(=O)N3)s1. The quantitative estimate of drug-likeness (QED) is 0.724. The van der Waals surface area contributed by atoms with Crippen LogP contribution in [-0.2, 0) is 16.1 Å². The maximum Gasteiger partial charge on any atom is 0.243 e. The Morgan fingerprint density at radius 3 is 2.52 bits per heavy atom. The number of rotatable bonds is 4. The fourth-order valence-corrected chi connectivity index (χ4v) is 7.28. The minimum atomic E-state index is -0.365. The van der Waals surface area contributed by atoms with E-state index in [0.29, 0.717) is 19.0 Å². The highest BCUT2D eigenvalue weighted by atomic mass is 32.1. The van der Waals surface area contributed by atoms with Crippen molar-refractivity contribution in [3.63, 3.8) is 0 Å². The molecular weight excluding hydrogens is 434 g/mol. The number of likely N-dealkylation sites (tertiary alicyclic amines) is 2. The average Bonchev–Trinajstić information content (AvgIpc) is 3.40. The van der Waals surface area contributed by atoms with Crippen LogP contribution < -0.4 is 5.32 Å². The van der Waals surface area contributed by atoms with Crippen molar-refractivity contribution in [3.05, 3.63) is 21.9 Å². The molecule has 1 spiro atoms. The van der Waals surface area contributed by atoms with Crippen molar-refractivity contribution in [1.82, 2.24) is 24.9 Å². The van der Waals surface area contributed by atoms with Gasteiger partial charge in [0.05, 0.1) is 12.0 Å². The van der Waals surface area contributed by atoms with Gasteiger partial charge in [0.1, 0.15) is 6.04 Å². The molecular formula is C25H39N5O2S. The van der Waals surface area contributed by atoms with Crippen LogP contribution in [0.3, 0.4) is 0 Å². The third kappa shape index (κ3) is 4.85. The molecule has 1 aromatic heterocycles. The second-order valence-corrected chi connectivity index (χ2v) is 12.3. The monoisotopic (exact) mass is 473 g/mol. The number of piperidine rings is 2. The van der Waals surface area contributed by atoms with Crippen LogP contribution in [0.25, 0.3) is 0 Å². The smallest absolute Gasteiger partial charge is 0.243 e. The third-order valence-corrected chi connectivity index (χ3v) is 9.59. The number of fused-ring (bicyclic) bond motifs is 1. The van der Waals surface area contributed by atoms with Crippen molar-refractivity contribution >= 4 is 23.2 Å². The lowest BCUT2D eigenvalue weighted by Crippen LogP contribution is -2.56. The zero-order chi connectivity index (χ0) is 23.2. The molecule has 0 aromatic carbocycles. The van der Waals surface area contributed by atoms with Crippen molar-refractivity contribution in [2.75, 3.05) is 46.8 Å². The molecule has 182 valence electrons. The molecule has 0 saturated carbocycles. The summed E-state index contributed by atoms with van der Waals surface area (Å²) in [4.78, 5) is 38.7. The molecule has 4 aliphatic rings. The van der Waals surface area contributed by atoms with Crippen LogP contribution >= 0.6 is 11.3 Å². The molecule has 1 N–H and O–H groups in total. The largest absolute Gasteiger partial charge is 0.348 e. The van der Waals surface area contributed by atoms with Crippen molar-refractivity contribution < 1.29 is 9.59 Å². The first kappa shape index (κ1) is 23.3. The summed E-state index contributed by atoms with van der Waals surface area (Å²) in [5.74, 6) is 0.238. The van der Waals surface area contributed by atoms with Crippen molar-refractivity contribution in [2.45, 2.75) is 75.7 Å². The second kappa shape index (κ2) is 9.29. The van der Waals surface area contributed by atoms with E-state index in [0.717, 1.165) is 52.0 Å². The van der Waals surface area contributed by atoms with Gasteiger partial charge in [-0.25, -0.2) is 0 Å². The lowest BCUT2D eigenvalue weighted by Gasteiger charge is -2.41. The number of hydrogen-bond acceptors (Lipinski definition) is 6. The first-order chi connectivity index (χ1) is 15.8. The Labute approximate surface area is 202 Å². The van der Waals surface area contributed by atoms with E-state index in [2.05, 4.69) is 53.2 Å². The average molecular weight is 474 g/mol. The fraction of sp³-hybridized carbons (Fsp3) is 0.760. The minimum absolute atomic E-state index is 0.0717. The highest BCUT2D eigenvalue weighted by Crippen LogP contribution is 2.35. The molecule has 33 heavy (non-hydrogen) atoms. The van der Waals surface area contributed by atoms with Crippen molar-refractivity contribution in [1.29, 1.82) is 0 Å². The molecule has 2 amide bonds. The van der Waals surface area contributed by atoms with Gasteiger partial charge in [0.2, 0.25) is 11.8 Å². The summed E-state index contributed by atoms with van der Waals surface area (Å²) < 4.78 is 0. The molecule has 4 saturated heterocycles. The van der Waals surface area contributed by atoms with Gasteiger partial charge in [0.15, 0.2) is 0 Å². The zero-order valence-electron chi connectivity index (χ0n) is 20.4. The molecule has 1 aromatic rings. The van der Waals surface area contributed by atoms with E-state index in [1.165, 1.54) is 22.6 Å². The van der Waals surface area contributed by atoms with Crippen LogP contribution in [-0.4, -0.2) is 102 Å². The normalized spacial score (nSPS) is 29.5. The number of thiophene rings is 1. The van der Waals surface area contributed by atoms with Crippen LogP contribution in [0.1, 0.15) is 48.3 Å². The van der Waals surface area contributed by atoms with Gasteiger partial charge >= 0.3 is 0 Å².